The van der Waals surface area contributed by atoms with Gasteiger partial charge in [-0.2, -0.15) is 0 Å². The van der Waals surface area contributed by atoms with Gasteiger partial charge in [0.1, 0.15) is 0 Å². The molecule has 0 aromatic heterocycles. The number of benzene rings is 1. The van der Waals surface area contributed by atoms with Crippen molar-refractivity contribution in [3.05, 3.63) is 30.3 Å². The van der Waals surface area contributed by atoms with Crippen LogP contribution in [0.15, 0.2) is 35.2 Å². The highest BCUT2D eigenvalue weighted by Gasteiger charge is 2.35. The van der Waals surface area contributed by atoms with Crippen LogP contribution in [0.3, 0.4) is 0 Å². The summed E-state index contributed by atoms with van der Waals surface area (Å²) in [7, 11) is -3.15. The van der Waals surface area contributed by atoms with E-state index in [2.05, 4.69) is 0 Å². The van der Waals surface area contributed by atoms with Crippen molar-refractivity contribution in [2.24, 2.45) is 5.92 Å². The molecule has 1 aliphatic rings. The van der Waals surface area contributed by atoms with Gasteiger partial charge in [0.25, 0.3) is 0 Å². The molecule has 0 unspecified atom stereocenters. The van der Waals surface area contributed by atoms with Crippen molar-refractivity contribution >= 4 is 9.84 Å². The minimum Gasteiger partial charge on any atom is -0.393 e. The summed E-state index contributed by atoms with van der Waals surface area (Å²) in [6.07, 6.45) is 1.05. The molecule has 2 rings (SSSR count). The summed E-state index contributed by atoms with van der Waals surface area (Å²) >= 11 is 0. The molecule has 1 fully saturated rings. The average Bonchev–Trinajstić information content (AvgIpc) is 2.93. The Labute approximate surface area is 89.7 Å². The summed E-state index contributed by atoms with van der Waals surface area (Å²) in [6.45, 7) is 0. The zero-order valence-electron chi connectivity index (χ0n) is 8.33. The fraction of sp³-hybridized carbons (Fsp3) is 0.455. The third-order valence-electron chi connectivity index (χ3n) is 2.74. The largest absolute Gasteiger partial charge is 0.393 e. The number of sulfone groups is 1. The molecule has 0 bridgehead atoms. The third kappa shape index (κ3) is 2.58. The van der Waals surface area contributed by atoms with Gasteiger partial charge >= 0.3 is 0 Å². The van der Waals surface area contributed by atoms with Gasteiger partial charge in [0.15, 0.2) is 9.84 Å². The summed E-state index contributed by atoms with van der Waals surface area (Å²) in [5.74, 6) is 0.335. The molecule has 4 heteroatoms. The van der Waals surface area contributed by atoms with E-state index in [0.29, 0.717) is 11.3 Å². The van der Waals surface area contributed by atoms with Gasteiger partial charge in [0, 0.05) is 0 Å². The standard InChI is InChI=1S/C11H14O3S/c12-11-8-9(11)6-7-15(13,14)10-4-2-1-3-5-10/h1-5,9,11-12H,6-8H2/t9-,11-/m1/s1. The molecular weight excluding hydrogens is 212 g/mol. The molecule has 1 aliphatic carbocycles. The molecular formula is C11H14O3S. The Balaban J connectivity index is 2.01. The Bertz CT molecular complexity index is 424. The maximum absolute atomic E-state index is 11.8. The molecule has 0 spiro atoms. The van der Waals surface area contributed by atoms with E-state index in [1.807, 2.05) is 0 Å². The van der Waals surface area contributed by atoms with Crippen molar-refractivity contribution in [3.8, 4) is 0 Å². The maximum atomic E-state index is 11.8. The number of aliphatic hydroxyl groups excluding tert-OH is 1. The van der Waals surface area contributed by atoms with Crippen LogP contribution in [-0.4, -0.2) is 25.4 Å². The van der Waals surface area contributed by atoms with Crippen molar-refractivity contribution in [3.63, 3.8) is 0 Å². The number of hydrogen-bond donors (Lipinski definition) is 1. The maximum Gasteiger partial charge on any atom is 0.178 e. The molecule has 0 radical (unpaired) electrons. The van der Waals surface area contributed by atoms with Crippen LogP contribution in [0.1, 0.15) is 12.8 Å². The Morgan fingerprint density at radius 3 is 2.40 bits per heavy atom. The van der Waals surface area contributed by atoms with E-state index in [1.54, 1.807) is 30.3 Å². The fourth-order valence-electron chi connectivity index (χ4n) is 1.59. The summed E-state index contributed by atoms with van der Waals surface area (Å²) in [5, 5.41) is 9.10. The first kappa shape index (κ1) is 10.6. The minimum absolute atomic E-state index is 0.138. The first-order valence-corrected chi connectivity index (χ1v) is 6.71. The summed E-state index contributed by atoms with van der Waals surface area (Å²) < 4.78 is 23.6. The van der Waals surface area contributed by atoms with Crippen LogP contribution in [0.4, 0.5) is 0 Å². The molecule has 1 aromatic carbocycles. The van der Waals surface area contributed by atoms with E-state index in [9.17, 15) is 8.42 Å². The van der Waals surface area contributed by atoms with Gasteiger partial charge in [-0.05, 0) is 30.9 Å². The molecule has 15 heavy (non-hydrogen) atoms. The van der Waals surface area contributed by atoms with Crippen molar-refractivity contribution in [1.82, 2.24) is 0 Å². The monoisotopic (exact) mass is 226 g/mol. The van der Waals surface area contributed by atoms with Crippen LogP contribution in [0.5, 0.6) is 0 Å². The lowest BCUT2D eigenvalue weighted by Gasteiger charge is -2.02. The number of hydrogen-bond acceptors (Lipinski definition) is 3. The van der Waals surface area contributed by atoms with Gasteiger partial charge in [0.2, 0.25) is 0 Å². The Morgan fingerprint density at radius 1 is 1.27 bits per heavy atom. The van der Waals surface area contributed by atoms with Gasteiger partial charge in [-0.3, -0.25) is 0 Å². The predicted octanol–water partition coefficient (Wildman–Crippen LogP) is 1.23. The highest BCUT2D eigenvalue weighted by Crippen LogP contribution is 2.34. The van der Waals surface area contributed by atoms with Gasteiger partial charge in [-0.15, -0.1) is 0 Å². The highest BCUT2D eigenvalue weighted by molar-refractivity contribution is 7.91. The van der Waals surface area contributed by atoms with E-state index < -0.39 is 9.84 Å². The topological polar surface area (TPSA) is 54.4 Å². The van der Waals surface area contributed by atoms with Crippen molar-refractivity contribution in [2.75, 3.05) is 5.75 Å². The second kappa shape index (κ2) is 3.94. The molecule has 1 aromatic rings. The zero-order valence-corrected chi connectivity index (χ0v) is 9.15. The lowest BCUT2D eigenvalue weighted by molar-refractivity contribution is 0.258. The van der Waals surface area contributed by atoms with Crippen molar-refractivity contribution in [2.45, 2.75) is 23.8 Å². The number of rotatable bonds is 4. The van der Waals surface area contributed by atoms with E-state index >= 15 is 0 Å². The molecule has 1 saturated carbocycles. The van der Waals surface area contributed by atoms with Crippen molar-refractivity contribution < 1.29 is 13.5 Å². The first-order chi connectivity index (χ1) is 7.09. The second-order valence-electron chi connectivity index (χ2n) is 3.98. The molecule has 0 amide bonds. The van der Waals surface area contributed by atoms with Crippen LogP contribution in [0.25, 0.3) is 0 Å². The Kier molecular flexibility index (Phi) is 2.80. The van der Waals surface area contributed by atoms with Gasteiger partial charge in [-0.1, -0.05) is 18.2 Å². The van der Waals surface area contributed by atoms with Gasteiger partial charge in [0.05, 0.1) is 16.8 Å². The van der Waals surface area contributed by atoms with Gasteiger partial charge in [-0.25, -0.2) is 8.42 Å². The molecule has 0 heterocycles. The minimum atomic E-state index is -3.15. The summed E-state index contributed by atoms with van der Waals surface area (Å²) in [4.78, 5) is 0.375. The van der Waals surface area contributed by atoms with Crippen LogP contribution in [0, 0.1) is 5.92 Å². The quantitative estimate of drug-likeness (QED) is 0.840. The van der Waals surface area contributed by atoms with Crippen LogP contribution < -0.4 is 0 Å². The zero-order chi connectivity index (χ0) is 10.9. The van der Waals surface area contributed by atoms with Gasteiger partial charge < -0.3 is 5.11 Å². The third-order valence-corrected chi connectivity index (χ3v) is 4.51. The van der Waals surface area contributed by atoms with Crippen LogP contribution in [0.2, 0.25) is 0 Å². The molecule has 3 nitrogen and oxygen atoms in total. The van der Waals surface area contributed by atoms with Crippen molar-refractivity contribution in [1.29, 1.82) is 0 Å². The second-order valence-corrected chi connectivity index (χ2v) is 6.09. The van der Waals surface area contributed by atoms with E-state index in [-0.39, 0.29) is 17.8 Å². The molecule has 2 atom stereocenters. The Hall–Kier alpha value is -0.870. The molecule has 82 valence electrons. The normalized spacial score (nSPS) is 25.1. The smallest absolute Gasteiger partial charge is 0.178 e. The highest BCUT2D eigenvalue weighted by atomic mass is 32.2. The van der Waals surface area contributed by atoms with Crippen LogP contribution >= 0.6 is 0 Å². The summed E-state index contributed by atoms with van der Waals surface area (Å²) in [5.41, 5.74) is 0. The lowest BCUT2D eigenvalue weighted by atomic mass is 10.3. The van der Waals surface area contributed by atoms with Crippen LogP contribution in [-0.2, 0) is 9.84 Å². The SMILES string of the molecule is O=S(=O)(CC[C@@H]1C[C@H]1O)c1ccccc1. The fourth-order valence-corrected chi connectivity index (χ4v) is 3.01. The molecule has 0 saturated heterocycles. The lowest BCUT2D eigenvalue weighted by Crippen LogP contribution is -2.08. The molecule has 0 aliphatic heterocycles. The molecule has 1 N–H and O–H groups in total. The first-order valence-electron chi connectivity index (χ1n) is 5.05. The summed E-state index contributed by atoms with van der Waals surface area (Å²) in [6, 6.07) is 8.46. The predicted molar refractivity (Wildman–Crippen MR) is 57.2 cm³/mol. The van der Waals surface area contributed by atoms with E-state index in [4.69, 9.17) is 5.11 Å². The average molecular weight is 226 g/mol. The van der Waals surface area contributed by atoms with E-state index in [0.717, 1.165) is 6.42 Å². The number of aliphatic hydroxyl groups is 1. The Morgan fingerprint density at radius 2 is 1.87 bits per heavy atom. The van der Waals surface area contributed by atoms with E-state index in [1.165, 1.54) is 0 Å².